The Morgan fingerprint density at radius 1 is 1.02 bits per heavy atom. The lowest BCUT2D eigenvalue weighted by molar-refractivity contribution is -0.139. The molecule has 3 aromatic rings. The quantitative estimate of drug-likeness (QED) is 0.302. The van der Waals surface area contributed by atoms with E-state index in [-0.39, 0.29) is 23.0 Å². The Kier molecular flexibility index (Phi) is 10.7. The molecule has 0 saturated heterocycles. The second-order valence-electron chi connectivity index (χ2n) is 9.49. The highest BCUT2D eigenvalue weighted by atomic mass is 32.2. The molecule has 3 aromatic carbocycles. The number of amides is 2. The number of hydrogen-bond acceptors (Lipinski definition) is 5. The number of hydrogen-bond donors (Lipinski definition) is 1. The molecule has 0 aliphatic carbocycles. The molecule has 0 saturated carbocycles. The zero-order chi connectivity index (χ0) is 29.3. The van der Waals surface area contributed by atoms with E-state index < -0.39 is 34.3 Å². The molecule has 1 atom stereocenters. The topological polar surface area (TPSA) is 96.0 Å². The first-order valence-electron chi connectivity index (χ1n) is 13.1. The molecule has 0 bridgehead atoms. The molecule has 0 aliphatic rings. The fraction of sp³-hybridized carbons (Fsp3) is 0.333. The fourth-order valence-electron chi connectivity index (χ4n) is 4.04. The maximum absolute atomic E-state index is 13.9. The van der Waals surface area contributed by atoms with Gasteiger partial charge in [-0.05, 0) is 62.2 Å². The first kappa shape index (κ1) is 30.6. The van der Waals surface area contributed by atoms with Crippen LogP contribution in [0.25, 0.3) is 0 Å². The highest BCUT2D eigenvalue weighted by Crippen LogP contribution is 2.28. The highest BCUT2D eigenvalue weighted by Gasteiger charge is 2.32. The van der Waals surface area contributed by atoms with Crippen molar-refractivity contribution < 1.29 is 27.1 Å². The van der Waals surface area contributed by atoms with Crippen LogP contribution < -0.4 is 14.4 Å². The number of methoxy groups -OCH3 is 1. The van der Waals surface area contributed by atoms with Gasteiger partial charge in [-0.3, -0.25) is 13.9 Å². The van der Waals surface area contributed by atoms with Crippen LogP contribution in [0.4, 0.5) is 10.1 Å². The van der Waals surface area contributed by atoms with Crippen molar-refractivity contribution in [3.63, 3.8) is 0 Å². The van der Waals surface area contributed by atoms with Gasteiger partial charge in [-0.15, -0.1) is 0 Å². The number of halogens is 1. The Hall–Kier alpha value is -3.92. The molecule has 0 heterocycles. The summed E-state index contributed by atoms with van der Waals surface area (Å²) in [6.45, 7) is 5.31. The molecule has 0 radical (unpaired) electrons. The monoisotopic (exact) mass is 569 g/mol. The Morgan fingerprint density at radius 2 is 1.70 bits per heavy atom. The van der Waals surface area contributed by atoms with Crippen LogP contribution in [0.5, 0.6) is 5.75 Å². The summed E-state index contributed by atoms with van der Waals surface area (Å²) in [4.78, 5) is 28.2. The molecule has 0 spiro atoms. The molecule has 0 fully saturated rings. The maximum Gasteiger partial charge on any atom is 0.264 e. The van der Waals surface area contributed by atoms with Crippen LogP contribution in [0.3, 0.4) is 0 Å². The molecule has 2 amide bonds. The van der Waals surface area contributed by atoms with Crippen molar-refractivity contribution in [2.45, 2.75) is 51.1 Å². The van der Waals surface area contributed by atoms with Gasteiger partial charge in [0.15, 0.2) is 0 Å². The van der Waals surface area contributed by atoms with E-state index in [0.29, 0.717) is 17.9 Å². The Bertz CT molecular complexity index is 1400. The molecular formula is C30H36FN3O5S. The summed E-state index contributed by atoms with van der Waals surface area (Å²) in [6, 6.07) is 17.4. The third-order valence-corrected chi connectivity index (χ3v) is 8.28. The van der Waals surface area contributed by atoms with Crippen molar-refractivity contribution in [1.82, 2.24) is 10.2 Å². The fourth-order valence-corrected chi connectivity index (χ4v) is 5.44. The predicted molar refractivity (Wildman–Crippen MR) is 153 cm³/mol. The van der Waals surface area contributed by atoms with Crippen molar-refractivity contribution in [1.29, 1.82) is 0 Å². The van der Waals surface area contributed by atoms with Crippen molar-refractivity contribution in [3.8, 4) is 5.75 Å². The molecule has 40 heavy (non-hydrogen) atoms. The first-order chi connectivity index (χ1) is 19.1. The summed E-state index contributed by atoms with van der Waals surface area (Å²) in [6.07, 6.45) is 1.67. The normalized spacial score (nSPS) is 11.9. The van der Waals surface area contributed by atoms with Gasteiger partial charge in [0.2, 0.25) is 11.8 Å². The summed E-state index contributed by atoms with van der Waals surface area (Å²) < 4.78 is 47.6. The number of benzene rings is 3. The van der Waals surface area contributed by atoms with Gasteiger partial charge in [-0.1, -0.05) is 49.2 Å². The van der Waals surface area contributed by atoms with Gasteiger partial charge in [-0.25, -0.2) is 12.8 Å². The molecule has 1 unspecified atom stereocenters. The summed E-state index contributed by atoms with van der Waals surface area (Å²) in [7, 11) is -2.72. The zero-order valence-electron chi connectivity index (χ0n) is 23.3. The molecule has 214 valence electrons. The number of ether oxygens (including phenoxy) is 1. The summed E-state index contributed by atoms with van der Waals surface area (Å²) in [5.41, 5.74) is 1.71. The summed E-state index contributed by atoms with van der Waals surface area (Å²) >= 11 is 0. The van der Waals surface area contributed by atoms with Crippen LogP contribution >= 0.6 is 0 Å². The van der Waals surface area contributed by atoms with Crippen molar-refractivity contribution >= 4 is 27.5 Å². The number of anilines is 1. The number of nitrogens with one attached hydrogen (secondary N) is 1. The molecular weight excluding hydrogens is 533 g/mol. The Morgan fingerprint density at radius 3 is 2.33 bits per heavy atom. The zero-order valence-corrected chi connectivity index (χ0v) is 24.1. The summed E-state index contributed by atoms with van der Waals surface area (Å²) in [5, 5.41) is 2.83. The van der Waals surface area contributed by atoms with Gasteiger partial charge < -0.3 is 15.0 Å². The number of rotatable bonds is 13. The number of aryl methyl sites for hydroxylation is 1. The van der Waals surface area contributed by atoms with E-state index in [9.17, 15) is 22.4 Å². The SMILES string of the molecule is CCCCNC(=O)C(C)N(Cc1ccc(F)cc1)C(=O)CN(c1cccc(OC)c1)S(=O)(=O)c1ccc(C)cc1. The minimum atomic E-state index is -4.19. The minimum absolute atomic E-state index is 0.0159. The number of carbonyl (C=O) groups is 2. The van der Waals surface area contributed by atoms with E-state index in [1.807, 2.05) is 13.8 Å². The van der Waals surface area contributed by atoms with Gasteiger partial charge in [0.1, 0.15) is 24.2 Å². The van der Waals surface area contributed by atoms with E-state index in [1.165, 1.54) is 54.5 Å². The highest BCUT2D eigenvalue weighted by molar-refractivity contribution is 7.92. The van der Waals surface area contributed by atoms with Crippen LogP contribution in [-0.4, -0.2) is 51.4 Å². The third-order valence-electron chi connectivity index (χ3n) is 6.49. The van der Waals surface area contributed by atoms with Crippen LogP contribution in [0.2, 0.25) is 0 Å². The Labute approximate surface area is 235 Å². The lowest BCUT2D eigenvalue weighted by atomic mass is 10.1. The van der Waals surface area contributed by atoms with Crippen molar-refractivity contribution in [2.24, 2.45) is 0 Å². The predicted octanol–water partition coefficient (Wildman–Crippen LogP) is 4.67. The molecule has 10 heteroatoms. The van der Waals surface area contributed by atoms with Crippen LogP contribution in [0.1, 0.15) is 37.8 Å². The van der Waals surface area contributed by atoms with Gasteiger partial charge in [0.05, 0.1) is 17.7 Å². The maximum atomic E-state index is 13.9. The van der Waals surface area contributed by atoms with Crippen LogP contribution in [-0.2, 0) is 26.2 Å². The number of nitrogens with zero attached hydrogens (tertiary/aromatic N) is 2. The summed E-state index contributed by atoms with van der Waals surface area (Å²) in [5.74, 6) is -0.972. The van der Waals surface area contributed by atoms with Gasteiger partial charge >= 0.3 is 0 Å². The number of sulfonamides is 1. The molecule has 0 aliphatic heterocycles. The van der Waals surface area contributed by atoms with Gasteiger partial charge in [0.25, 0.3) is 10.0 Å². The third kappa shape index (κ3) is 7.81. The van der Waals surface area contributed by atoms with E-state index in [1.54, 1.807) is 37.3 Å². The molecule has 3 rings (SSSR count). The second-order valence-corrected chi connectivity index (χ2v) is 11.4. The van der Waals surface area contributed by atoms with Crippen LogP contribution in [0, 0.1) is 12.7 Å². The van der Waals surface area contributed by atoms with Crippen LogP contribution in [0.15, 0.2) is 77.7 Å². The molecule has 0 aromatic heterocycles. The van der Waals surface area contributed by atoms with Crippen molar-refractivity contribution in [3.05, 3.63) is 89.7 Å². The molecule has 1 N–H and O–H groups in total. The average Bonchev–Trinajstić information content (AvgIpc) is 2.95. The smallest absolute Gasteiger partial charge is 0.264 e. The average molecular weight is 570 g/mol. The largest absolute Gasteiger partial charge is 0.497 e. The van der Waals surface area contributed by atoms with Crippen molar-refractivity contribution in [2.75, 3.05) is 24.5 Å². The van der Waals surface area contributed by atoms with E-state index >= 15 is 0 Å². The van der Waals surface area contributed by atoms with E-state index in [0.717, 1.165) is 22.7 Å². The van der Waals surface area contributed by atoms with E-state index in [2.05, 4.69) is 5.32 Å². The number of unbranched alkanes of at least 4 members (excludes halogenated alkanes) is 1. The standard InChI is InChI=1S/C30H36FN3O5S/c1-5-6-18-32-30(36)23(3)33(20-24-12-14-25(31)15-13-24)29(35)21-34(26-8-7-9-27(19-26)39-4)40(37,38)28-16-10-22(2)11-17-28/h7-17,19,23H,5-6,18,20-21H2,1-4H3,(H,32,36). The lowest BCUT2D eigenvalue weighted by Crippen LogP contribution is -2.51. The van der Waals surface area contributed by atoms with Gasteiger partial charge in [-0.2, -0.15) is 0 Å². The lowest BCUT2D eigenvalue weighted by Gasteiger charge is -2.32. The molecule has 8 nitrogen and oxygen atoms in total. The minimum Gasteiger partial charge on any atom is -0.497 e. The van der Waals surface area contributed by atoms with Gasteiger partial charge in [0, 0.05) is 19.2 Å². The Balaban J connectivity index is 2.01. The first-order valence-corrected chi connectivity index (χ1v) is 14.6. The number of carbonyl (C=O) groups excluding carboxylic acids is 2. The second kappa shape index (κ2) is 13.9. The van der Waals surface area contributed by atoms with E-state index in [4.69, 9.17) is 4.74 Å².